The van der Waals surface area contributed by atoms with Crippen LogP contribution in [0, 0.1) is 0 Å². The Morgan fingerprint density at radius 3 is 0.661 bits per heavy atom. The van der Waals surface area contributed by atoms with Crippen LogP contribution in [0.1, 0.15) is 95.2 Å². The number of benzene rings is 6. The Morgan fingerprint density at radius 1 is 0.305 bits per heavy atom. The van der Waals surface area contributed by atoms with Crippen molar-refractivity contribution in [2.24, 2.45) is 0 Å². The van der Waals surface area contributed by atoms with Gasteiger partial charge in [0.1, 0.15) is 34.5 Å². The predicted octanol–water partition coefficient (Wildman–Crippen LogP) is 16.7. The van der Waals surface area contributed by atoms with Crippen molar-refractivity contribution in [2.75, 3.05) is 0 Å². The number of hydrogen-bond acceptors (Lipinski definition) is 8. The molecule has 0 aliphatic carbocycles. The zero-order valence-corrected chi connectivity index (χ0v) is 36.6. The molecular weight excluding hydrogens is 778 g/mol. The van der Waals surface area contributed by atoms with Gasteiger partial charge in [-0.3, -0.25) is 0 Å². The summed E-state index contributed by atoms with van der Waals surface area (Å²) in [4.78, 5) is 0. The summed E-state index contributed by atoms with van der Waals surface area (Å²) in [5.41, 5.74) is 1.45. The number of hydrogen-bond donors (Lipinski definition) is 0. The smallest absolute Gasteiger partial charge is 0.386 e. The minimum atomic E-state index is -4.12. The summed E-state index contributed by atoms with van der Waals surface area (Å²) in [5, 5.41) is 0. The number of para-hydroxylation sites is 4. The van der Waals surface area contributed by atoms with E-state index in [1.54, 1.807) is 121 Å². The fraction of sp³-hybridized carbons (Fsp3) is 0.265. The van der Waals surface area contributed by atoms with Crippen molar-refractivity contribution in [3.8, 4) is 34.5 Å². The van der Waals surface area contributed by atoms with E-state index in [0.29, 0.717) is 34.5 Å². The van der Waals surface area contributed by atoms with Crippen LogP contribution >= 0.6 is 15.6 Å². The van der Waals surface area contributed by atoms with Crippen LogP contribution in [-0.2, 0) is 14.5 Å². The number of rotatable bonds is 14. The first-order chi connectivity index (χ1) is 27.7. The molecule has 0 fully saturated rings. The van der Waals surface area contributed by atoms with E-state index in [9.17, 15) is 9.13 Å². The van der Waals surface area contributed by atoms with Crippen LogP contribution in [0.2, 0.25) is 0 Å². The standard InChI is InChI=1S/C39H34O8P2.4C2H6.2CH4/c1-39(2,31-23-27-37(28-24-31)46-48(40,42-33-15-7-3-8-16-33)43-34-17-9-4-10-18-34)32-25-29-38(30-26-32)47-49(41,44-35-19-11-5-12-20-35)45-36-21-13-6-14-22-36;4*1-2;;/h3-30H,1-2H3;4*1-2H3;2*1H4. The van der Waals surface area contributed by atoms with Crippen LogP contribution in [0.25, 0.3) is 0 Å². The Bertz CT molecular complexity index is 1790. The monoisotopic (exact) mass is 844 g/mol. The SMILES string of the molecule is C.C.CC.CC.CC.CC.CC(C)(c1ccc(OP(=O)(Oc2ccccc2)Oc2ccccc2)cc1)c1ccc(OP(=O)(Oc2ccccc2)Oc2ccccc2)cc1. The van der Waals surface area contributed by atoms with E-state index in [-0.39, 0.29) is 14.9 Å². The molecule has 6 rings (SSSR count). The van der Waals surface area contributed by atoms with E-state index in [2.05, 4.69) is 13.8 Å². The third kappa shape index (κ3) is 17.1. The van der Waals surface area contributed by atoms with Gasteiger partial charge in [0.2, 0.25) is 0 Å². The summed E-state index contributed by atoms with van der Waals surface area (Å²) >= 11 is 0. The Hall–Kier alpha value is -5.42. The van der Waals surface area contributed by atoms with Crippen LogP contribution in [0.4, 0.5) is 0 Å². The van der Waals surface area contributed by atoms with Gasteiger partial charge in [0.05, 0.1) is 0 Å². The molecule has 0 saturated carbocycles. The zero-order chi connectivity index (χ0) is 42.2. The molecule has 0 radical (unpaired) electrons. The topological polar surface area (TPSA) is 89.5 Å². The molecule has 8 nitrogen and oxygen atoms in total. The van der Waals surface area contributed by atoms with E-state index in [1.807, 2.05) is 104 Å². The van der Waals surface area contributed by atoms with Crippen molar-refractivity contribution in [2.45, 2.75) is 89.5 Å². The van der Waals surface area contributed by atoms with Crippen molar-refractivity contribution in [3.63, 3.8) is 0 Å². The van der Waals surface area contributed by atoms with Gasteiger partial charge in [-0.15, -0.1) is 0 Å². The van der Waals surface area contributed by atoms with Crippen molar-refractivity contribution >= 4 is 15.6 Å². The van der Waals surface area contributed by atoms with Gasteiger partial charge in [0.25, 0.3) is 0 Å². The molecule has 0 spiro atoms. The molecule has 10 heteroatoms. The first kappa shape index (κ1) is 53.6. The van der Waals surface area contributed by atoms with Gasteiger partial charge in [-0.2, -0.15) is 9.13 Å². The molecule has 0 N–H and O–H groups in total. The highest BCUT2D eigenvalue weighted by Crippen LogP contribution is 2.51. The summed E-state index contributed by atoms with van der Waals surface area (Å²) in [7, 11) is -8.25. The van der Waals surface area contributed by atoms with Crippen molar-refractivity contribution < 1.29 is 36.3 Å². The first-order valence-electron chi connectivity index (χ1n) is 19.5. The Balaban J connectivity index is 0.00000317. The summed E-state index contributed by atoms with van der Waals surface area (Å²) < 4.78 is 62.4. The van der Waals surface area contributed by atoms with Crippen molar-refractivity contribution in [1.82, 2.24) is 0 Å². The fourth-order valence-corrected chi connectivity index (χ4v) is 7.35. The third-order valence-corrected chi connectivity index (χ3v) is 10.0. The van der Waals surface area contributed by atoms with Crippen molar-refractivity contribution in [1.29, 1.82) is 0 Å². The molecule has 0 aromatic heterocycles. The zero-order valence-electron chi connectivity index (χ0n) is 34.8. The highest BCUT2D eigenvalue weighted by atomic mass is 31.2. The summed E-state index contributed by atoms with van der Waals surface area (Å²) in [6, 6.07) is 49.4. The summed E-state index contributed by atoms with van der Waals surface area (Å²) in [6.45, 7) is 20.1. The minimum absolute atomic E-state index is 0. The molecule has 0 unspecified atom stereocenters. The molecule has 320 valence electrons. The van der Waals surface area contributed by atoms with E-state index >= 15 is 0 Å². The van der Waals surface area contributed by atoms with E-state index in [0.717, 1.165) is 11.1 Å². The van der Waals surface area contributed by atoms with Gasteiger partial charge >= 0.3 is 15.6 Å². The Kier molecular flexibility index (Phi) is 25.5. The van der Waals surface area contributed by atoms with E-state index < -0.39 is 21.1 Å². The number of phosphoric ester groups is 2. The number of phosphoric acid groups is 2. The molecule has 6 aromatic rings. The second-order valence-electron chi connectivity index (χ2n) is 11.4. The lowest BCUT2D eigenvalue weighted by molar-refractivity contribution is 0.296. The van der Waals surface area contributed by atoms with Crippen LogP contribution in [0.5, 0.6) is 34.5 Å². The molecule has 0 aliphatic rings. The molecule has 6 aromatic carbocycles. The van der Waals surface area contributed by atoms with E-state index in [4.69, 9.17) is 27.1 Å². The maximum Gasteiger partial charge on any atom is 0.647 e. The molecular formula is C49H66O8P2. The Labute approximate surface area is 355 Å². The maximum absolute atomic E-state index is 13.8. The lowest BCUT2D eigenvalue weighted by Gasteiger charge is -2.27. The van der Waals surface area contributed by atoms with Crippen molar-refractivity contribution in [3.05, 3.63) is 181 Å². The predicted molar refractivity (Wildman–Crippen MR) is 249 cm³/mol. The fourth-order valence-electron chi connectivity index (χ4n) is 4.84. The second-order valence-corrected chi connectivity index (χ2v) is 14.3. The van der Waals surface area contributed by atoms with Gasteiger partial charge in [0.15, 0.2) is 0 Å². The molecule has 0 bridgehead atoms. The molecule has 0 saturated heterocycles. The molecule has 0 amide bonds. The van der Waals surface area contributed by atoms with Gasteiger partial charge < -0.3 is 27.1 Å². The van der Waals surface area contributed by atoms with Crippen LogP contribution in [-0.4, -0.2) is 0 Å². The normalized spacial score (nSPS) is 10.1. The Morgan fingerprint density at radius 2 is 0.475 bits per heavy atom. The molecule has 59 heavy (non-hydrogen) atoms. The minimum Gasteiger partial charge on any atom is -0.386 e. The van der Waals surface area contributed by atoms with Crippen LogP contribution < -0.4 is 27.1 Å². The summed E-state index contributed by atoms with van der Waals surface area (Å²) in [5.74, 6) is 2.02. The molecule has 0 heterocycles. The summed E-state index contributed by atoms with van der Waals surface area (Å²) in [6.07, 6.45) is 0. The van der Waals surface area contributed by atoms with E-state index in [1.165, 1.54) is 0 Å². The highest BCUT2D eigenvalue weighted by molar-refractivity contribution is 7.50. The largest absolute Gasteiger partial charge is 0.647 e. The lowest BCUT2D eigenvalue weighted by Crippen LogP contribution is -2.18. The quantitative estimate of drug-likeness (QED) is 0.100. The van der Waals surface area contributed by atoms with Crippen LogP contribution in [0.15, 0.2) is 170 Å². The molecule has 0 aliphatic heterocycles. The van der Waals surface area contributed by atoms with Gasteiger partial charge in [-0.1, -0.05) is 181 Å². The highest BCUT2D eigenvalue weighted by Gasteiger charge is 2.35. The van der Waals surface area contributed by atoms with Gasteiger partial charge in [-0.05, 0) is 83.9 Å². The maximum atomic E-state index is 13.8. The average molecular weight is 845 g/mol. The molecule has 0 atom stereocenters. The average Bonchev–Trinajstić information content (AvgIpc) is 3.25. The third-order valence-electron chi connectivity index (χ3n) is 7.43. The van der Waals surface area contributed by atoms with Crippen LogP contribution in [0.3, 0.4) is 0 Å². The van der Waals surface area contributed by atoms with Gasteiger partial charge in [-0.25, -0.2) is 0 Å². The second kappa shape index (κ2) is 28.1. The van der Waals surface area contributed by atoms with Gasteiger partial charge in [0, 0.05) is 5.41 Å². The first-order valence-corrected chi connectivity index (χ1v) is 22.4. The lowest BCUT2D eigenvalue weighted by atomic mass is 9.78.